The van der Waals surface area contributed by atoms with Gasteiger partial charge < -0.3 is 15.7 Å². The molecule has 1 fully saturated rings. The molecule has 1 aliphatic rings. The first kappa shape index (κ1) is 14.7. The number of urea groups is 1. The summed E-state index contributed by atoms with van der Waals surface area (Å²) in [7, 11) is 0. The average molecular weight is 284 g/mol. The first-order valence-electron chi connectivity index (χ1n) is 6.59. The van der Waals surface area contributed by atoms with E-state index in [1.165, 1.54) is 12.1 Å². The van der Waals surface area contributed by atoms with Crippen molar-refractivity contribution in [1.82, 2.24) is 5.32 Å². The SMILES string of the molecule is CC1(CO)CCCC1NC(=O)Nc1cccc(F)c1F. The molecule has 0 bridgehead atoms. The first-order valence-corrected chi connectivity index (χ1v) is 6.59. The zero-order valence-electron chi connectivity index (χ0n) is 11.2. The van der Waals surface area contributed by atoms with E-state index >= 15 is 0 Å². The van der Waals surface area contributed by atoms with Crippen LogP contribution in [-0.4, -0.2) is 23.8 Å². The Labute approximate surface area is 116 Å². The number of rotatable bonds is 3. The molecule has 0 aromatic heterocycles. The summed E-state index contributed by atoms with van der Waals surface area (Å²) in [6.07, 6.45) is 2.50. The third-order valence-corrected chi connectivity index (χ3v) is 3.95. The fourth-order valence-electron chi connectivity index (χ4n) is 2.59. The van der Waals surface area contributed by atoms with Crippen molar-refractivity contribution in [2.75, 3.05) is 11.9 Å². The molecule has 1 aromatic carbocycles. The summed E-state index contributed by atoms with van der Waals surface area (Å²) in [4.78, 5) is 11.8. The molecule has 0 heterocycles. The molecule has 0 spiro atoms. The van der Waals surface area contributed by atoms with E-state index in [9.17, 15) is 18.7 Å². The molecular formula is C14H18F2N2O2. The number of hydrogen-bond donors (Lipinski definition) is 3. The third kappa shape index (κ3) is 2.90. The van der Waals surface area contributed by atoms with Gasteiger partial charge in [0, 0.05) is 11.5 Å². The number of aliphatic hydroxyl groups is 1. The topological polar surface area (TPSA) is 61.4 Å². The van der Waals surface area contributed by atoms with Crippen LogP contribution in [0.3, 0.4) is 0 Å². The van der Waals surface area contributed by atoms with Gasteiger partial charge in [0.15, 0.2) is 11.6 Å². The summed E-state index contributed by atoms with van der Waals surface area (Å²) in [6.45, 7) is 1.87. The Morgan fingerprint density at radius 2 is 2.25 bits per heavy atom. The maximum Gasteiger partial charge on any atom is 0.319 e. The number of hydrogen-bond acceptors (Lipinski definition) is 2. The van der Waals surface area contributed by atoms with Gasteiger partial charge in [-0.2, -0.15) is 0 Å². The monoisotopic (exact) mass is 284 g/mol. The van der Waals surface area contributed by atoms with Crippen molar-refractivity contribution in [3.63, 3.8) is 0 Å². The summed E-state index contributed by atoms with van der Waals surface area (Å²) in [5, 5.41) is 14.4. The van der Waals surface area contributed by atoms with Gasteiger partial charge in [0.2, 0.25) is 0 Å². The van der Waals surface area contributed by atoms with Gasteiger partial charge in [-0.05, 0) is 25.0 Å². The largest absolute Gasteiger partial charge is 0.396 e. The lowest BCUT2D eigenvalue weighted by atomic mass is 9.86. The molecule has 1 saturated carbocycles. The molecule has 1 aliphatic carbocycles. The highest BCUT2D eigenvalue weighted by atomic mass is 19.2. The van der Waals surface area contributed by atoms with Crippen molar-refractivity contribution in [2.45, 2.75) is 32.2 Å². The van der Waals surface area contributed by atoms with Crippen molar-refractivity contribution in [1.29, 1.82) is 0 Å². The van der Waals surface area contributed by atoms with Gasteiger partial charge in [-0.3, -0.25) is 0 Å². The molecule has 0 radical (unpaired) electrons. The molecular weight excluding hydrogens is 266 g/mol. The van der Waals surface area contributed by atoms with Crippen LogP contribution in [0.5, 0.6) is 0 Å². The van der Waals surface area contributed by atoms with Crippen LogP contribution in [-0.2, 0) is 0 Å². The summed E-state index contributed by atoms with van der Waals surface area (Å²) >= 11 is 0. The van der Waals surface area contributed by atoms with E-state index in [0.717, 1.165) is 25.3 Å². The number of carbonyl (C=O) groups is 1. The molecule has 2 unspecified atom stereocenters. The Hall–Kier alpha value is -1.69. The maximum atomic E-state index is 13.4. The number of amides is 2. The number of halogens is 2. The van der Waals surface area contributed by atoms with Crippen molar-refractivity contribution in [2.24, 2.45) is 5.41 Å². The van der Waals surface area contributed by atoms with E-state index < -0.39 is 17.7 Å². The van der Waals surface area contributed by atoms with Gasteiger partial charge in [0.25, 0.3) is 0 Å². The van der Waals surface area contributed by atoms with Crippen molar-refractivity contribution >= 4 is 11.7 Å². The van der Waals surface area contributed by atoms with Gasteiger partial charge in [-0.25, -0.2) is 13.6 Å². The summed E-state index contributed by atoms with van der Waals surface area (Å²) in [5.74, 6) is -2.09. The number of nitrogens with one attached hydrogen (secondary N) is 2. The predicted octanol–water partition coefficient (Wildman–Crippen LogP) is 2.64. The van der Waals surface area contributed by atoms with Crippen LogP contribution in [0.25, 0.3) is 0 Å². The molecule has 20 heavy (non-hydrogen) atoms. The van der Waals surface area contributed by atoms with Crippen molar-refractivity contribution in [3.05, 3.63) is 29.8 Å². The fraction of sp³-hybridized carbons (Fsp3) is 0.500. The zero-order chi connectivity index (χ0) is 14.8. The van der Waals surface area contributed by atoms with Crippen LogP contribution in [0.2, 0.25) is 0 Å². The highest BCUT2D eigenvalue weighted by molar-refractivity contribution is 5.89. The molecule has 1 aromatic rings. The third-order valence-electron chi connectivity index (χ3n) is 3.95. The van der Waals surface area contributed by atoms with Gasteiger partial charge >= 0.3 is 6.03 Å². The Kier molecular flexibility index (Phi) is 4.23. The second-order valence-corrected chi connectivity index (χ2v) is 5.46. The van der Waals surface area contributed by atoms with Crippen molar-refractivity contribution in [3.8, 4) is 0 Å². The Morgan fingerprint density at radius 1 is 1.50 bits per heavy atom. The van der Waals surface area contributed by atoms with E-state index in [1.54, 1.807) is 0 Å². The lowest BCUT2D eigenvalue weighted by molar-refractivity contribution is 0.122. The molecule has 0 saturated heterocycles. The van der Waals surface area contributed by atoms with Gasteiger partial charge in [0.1, 0.15) is 0 Å². The molecule has 2 atom stereocenters. The van der Waals surface area contributed by atoms with E-state index in [1.807, 2.05) is 6.92 Å². The van der Waals surface area contributed by atoms with Gasteiger partial charge in [0.05, 0.1) is 12.3 Å². The summed E-state index contributed by atoms with van der Waals surface area (Å²) in [6, 6.07) is 2.82. The highest BCUT2D eigenvalue weighted by Gasteiger charge is 2.39. The molecule has 2 amide bonds. The Bertz CT molecular complexity index is 510. The van der Waals surface area contributed by atoms with Gasteiger partial charge in [-0.1, -0.05) is 19.4 Å². The Morgan fingerprint density at radius 3 is 2.95 bits per heavy atom. The summed E-state index contributed by atoms with van der Waals surface area (Å²) < 4.78 is 26.5. The molecule has 2 rings (SSSR count). The average Bonchev–Trinajstić information content (AvgIpc) is 2.77. The Balaban J connectivity index is 2.01. The normalized spacial score (nSPS) is 25.5. The second kappa shape index (κ2) is 5.75. The molecule has 110 valence electrons. The zero-order valence-corrected chi connectivity index (χ0v) is 11.2. The number of anilines is 1. The fourth-order valence-corrected chi connectivity index (χ4v) is 2.59. The first-order chi connectivity index (χ1) is 9.46. The van der Waals surface area contributed by atoms with Crippen LogP contribution in [0, 0.1) is 17.0 Å². The standard InChI is InChI=1S/C14H18F2N2O2/c1-14(8-19)7-3-6-11(14)18-13(20)17-10-5-2-4-9(15)12(10)16/h2,4-5,11,19H,3,6-8H2,1H3,(H2,17,18,20). The van der Waals surface area contributed by atoms with Crippen LogP contribution in [0.15, 0.2) is 18.2 Å². The quantitative estimate of drug-likeness (QED) is 0.799. The summed E-state index contributed by atoms with van der Waals surface area (Å²) in [5.41, 5.74) is -0.566. The number of aliphatic hydroxyl groups excluding tert-OH is 1. The lowest BCUT2D eigenvalue weighted by Crippen LogP contribution is -2.46. The minimum Gasteiger partial charge on any atom is -0.396 e. The molecule has 6 heteroatoms. The van der Waals surface area contributed by atoms with Crippen LogP contribution >= 0.6 is 0 Å². The second-order valence-electron chi connectivity index (χ2n) is 5.46. The molecule has 4 nitrogen and oxygen atoms in total. The minimum atomic E-state index is -1.08. The molecule has 0 aliphatic heterocycles. The number of benzene rings is 1. The van der Waals surface area contributed by atoms with Gasteiger partial charge in [-0.15, -0.1) is 0 Å². The van der Waals surface area contributed by atoms with E-state index in [4.69, 9.17) is 0 Å². The van der Waals surface area contributed by atoms with E-state index in [0.29, 0.717) is 0 Å². The van der Waals surface area contributed by atoms with Crippen LogP contribution < -0.4 is 10.6 Å². The maximum absolute atomic E-state index is 13.4. The van der Waals surface area contributed by atoms with E-state index in [2.05, 4.69) is 10.6 Å². The van der Waals surface area contributed by atoms with Crippen LogP contribution in [0.4, 0.5) is 19.3 Å². The number of carbonyl (C=O) groups excluding carboxylic acids is 1. The van der Waals surface area contributed by atoms with Crippen molar-refractivity contribution < 1.29 is 18.7 Å². The predicted molar refractivity (Wildman–Crippen MR) is 71.3 cm³/mol. The lowest BCUT2D eigenvalue weighted by Gasteiger charge is -2.30. The highest BCUT2D eigenvalue weighted by Crippen LogP contribution is 2.37. The van der Waals surface area contributed by atoms with E-state index in [-0.39, 0.29) is 23.8 Å². The van der Waals surface area contributed by atoms with Crippen LogP contribution in [0.1, 0.15) is 26.2 Å². The smallest absolute Gasteiger partial charge is 0.319 e. The minimum absolute atomic E-state index is 0.0216. The molecule has 3 N–H and O–H groups in total.